The van der Waals surface area contributed by atoms with Crippen molar-refractivity contribution < 1.29 is 24.0 Å². The fourth-order valence-electron chi connectivity index (χ4n) is 2.63. The first-order valence-electron chi connectivity index (χ1n) is 7.28. The fourth-order valence-corrected chi connectivity index (χ4v) is 2.80. The SMILES string of the molecule is Cc1noc(C)c1CN1C(=O)C(CC(=O)O)Oc2ccc(Cl)cc21. The van der Waals surface area contributed by atoms with Crippen molar-refractivity contribution in [3.63, 3.8) is 0 Å². The zero-order chi connectivity index (χ0) is 17.4. The van der Waals surface area contributed by atoms with Gasteiger partial charge in [-0.1, -0.05) is 16.8 Å². The van der Waals surface area contributed by atoms with Gasteiger partial charge in [-0.3, -0.25) is 9.59 Å². The van der Waals surface area contributed by atoms with E-state index in [0.717, 1.165) is 5.56 Å². The summed E-state index contributed by atoms with van der Waals surface area (Å²) in [6.07, 6.45) is -1.50. The lowest BCUT2D eigenvalue weighted by Gasteiger charge is -2.34. The van der Waals surface area contributed by atoms with Gasteiger partial charge in [0.1, 0.15) is 11.5 Å². The van der Waals surface area contributed by atoms with Crippen LogP contribution in [0, 0.1) is 13.8 Å². The molecule has 0 fully saturated rings. The van der Waals surface area contributed by atoms with Crippen molar-refractivity contribution in [3.8, 4) is 5.75 Å². The van der Waals surface area contributed by atoms with E-state index in [-0.39, 0.29) is 6.54 Å². The summed E-state index contributed by atoms with van der Waals surface area (Å²) in [7, 11) is 0. The highest BCUT2D eigenvalue weighted by Gasteiger charge is 2.36. The lowest BCUT2D eigenvalue weighted by Crippen LogP contribution is -2.46. The Morgan fingerprint density at radius 2 is 2.17 bits per heavy atom. The molecular weight excluding hydrogens is 336 g/mol. The zero-order valence-corrected chi connectivity index (χ0v) is 13.8. The van der Waals surface area contributed by atoms with Gasteiger partial charge in [0.2, 0.25) is 0 Å². The first kappa shape index (κ1) is 16.3. The summed E-state index contributed by atoms with van der Waals surface area (Å²) in [6.45, 7) is 3.74. The second kappa shape index (κ2) is 6.16. The van der Waals surface area contributed by atoms with Gasteiger partial charge in [0.25, 0.3) is 5.91 Å². The minimum atomic E-state index is -1.11. The van der Waals surface area contributed by atoms with Gasteiger partial charge in [-0.05, 0) is 32.0 Å². The van der Waals surface area contributed by atoms with E-state index in [2.05, 4.69) is 5.16 Å². The number of carbonyl (C=O) groups excluding carboxylic acids is 1. The Balaban J connectivity index is 2.02. The molecule has 3 rings (SSSR count). The third-order valence-corrected chi connectivity index (χ3v) is 4.12. The third-order valence-electron chi connectivity index (χ3n) is 3.88. The van der Waals surface area contributed by atoms with E-state index in [1.807, 2.05) is 0 Å². The molecular formula is C16H15ClN2O5. The third kappa shape index (κ3) is 2.94. The van der Waals surface area contributed by atoms with Crippen LogP contribution in [0.15, 0.2) is 22.7 Å². The average molecular weight is 351 g/mol. The van der Waals surface area contributed by atoms with Crippen LogP contribution < -0.4 is 9.64 Å². The molecule has 0 bridgehead atoms. The molecule has 1 aliphatic heterocycles. The zero-order valence-electron chi connectivity index (χ0n) is 13.1. The van der Waals surface area contributed by atoms with Crippen molar-refractivity contribution in [2.45, 2.75) is 32.9 Å². The second-order valence-electron chi connectivity index (χ2n) is 5.54. The predicted octanol–water partition coefficient (Wildman–Crippen LogP) is 2.71. The molecule has 1 unspecified atom stereocenters. The Morgan fingerprint density at radius 3 is 2.79 bits per heavy atom. The first-order valence-corrected chi connectivity index (χ1v) is 7.65. The van der Waals surface area contributed by atoms with Crippen molar-refractivity contribution in [1.29, 1.82) is 0 Å². The van der Waals surface area contributed by atoms with Crippen LogP contribution in [-0.4, -0.2) is 28.2 Å². The van der Waals surface area contributed by atoms with Crippen molar-refractivity contribution in [3.05, 3.63) is 40.2 Å². The maximum atomic E-state index is 12.7. The van der Waals surface area contributed by atoms with E-state index in [1.165, 1.54) is 4.90 Å². The molecule has 7 nitrogen and oxygen atoms in total. The Morgan fingerprint density at radius 1 is 1.42 bits per heavy atom. The Hall–Kier alpha value is -2.54. The number of ether oxygens (including phenoxy) is 1. The van der Waals surface area contributed by atoms with E-state index >= 15 is 0 Å². The quantitative estimate of drug-likeness (QED) is 0.911. The number of carbonyl (C=O) groups is 2. The van der Waals surface area contributed by atoms with Crippen molar-refractivity contribution in [2.24, 2.45) is 0 Å². The van der Waals surface area contributed by atoms with Gasteiger partial charge in [-0.15, -0.1) is 0 Å². The van der Waals surface area contributed by atoms with E-state index in [0.29, 0.717) is 27.9 Å². The van der Waals surface area contributed by atoms with E-state index in [4.69, 9.17) is 26.0 Å². The molecule has 2 aromatic rings. The van der Waals surface area contributed by atoms with E-state index in [1.54, 1.807) is 32.0 Å². The standard InChI is InChI=1S/C16H15ClN2O5/c1-8-11(9(2)24-18-8)7-19-12-5-10(17)3-4-13(12)23-14(16(19)22)6-15(20)21/h3-5,14H,6-7H2,1-2H3,(H,20,21). The van der Waals surface area contributed by atoms with Crippen molar-refractivity contribution >= 4 is 29.2 Å². The average Bonchev–Trinajstić information content (AvgIpc) is 2.83. The monoisotopic (exact) mass is 350 g/mol. The molecule has 0 radical (unpaired) electrons. The lowest BCUT2D eigenvalue weighted by atomic mass is 10.1. The highest BCUT2D eigenvalue weighted by molar-refractivity contribution is 6.31. The number of benzene rings is 1. The van der Waals surface area contributed by atoms with Crippen LogP contribution in [0.3, 0.4) is 0 Å². The Labute approximate surface area is 142 Å². The maximum absolute atomic E-state index is 12.7. The molecule has 126 valence electrons. The normalized spacial score (nSPS) is 16.7. The van der Waals surface area contributed by atoms with Crippen LogP contribution >= 0.6 is 11.6 Å². The molecule has 0 saturated heterocycles. The number of aryl methyl sites for hydroxylation is 2. The van der Waals surface area contributed by atoms with E-state index in [9.17, 15) is 9.59 Å². The number of fused-ring (bicyclic) bond motifs is 1. The number of aliphatic carboxylic acids is 1. The van der Waals surface area contributed by atoms with Crippen molar-refractivity contribution in [1.82, 2.24) is 5.16 Å². The molecule has 0 aliphatic carbocycles. The number of aromatic nitrogens is 1. The van der Waals surface area contributed by atoms with Crippen LogP contribution in [0.4, 0.5) is 5.69 Å². The van der Waals surface area contributed by atoms with Gasteiger partial charge in [-0.25, -0.2) is 0 Å². The number of carboxylic acid groups (broad SMARTS) is 1. The Kier molecular flexibility index (Phi) is 4.19. The molecule has 0 saturated carbocycles. The highest BCUT2D eigenvalue weighted by Crippen LogP contribution is 2.38. The summed E-state index contributed by atoms with van der Waals surface area (Å²) in [6, 6.07) is 4.87. The summed E-state index contributed by atoms with van der Waals surface area (Å²) >= 11 is 6.04. The van der Waals surface area contributed by atoms with Gasteiger partial charge in [0, 0.05) is 10.6 Å². The molecule has 1 aromatic heterocycles. The number of rotatable bonds is 4. The largest absolute Gasteiger partial charge is 0.481 e. The van der Waals surface area contributed by atoms with Gasteiger partial charge < -0.3 is 19.3 Å². The fraction of sp³-hybridized carbons (Fsp3) is 0.312. The van der Waals surface area contributed by atoms with Gasteiger partial charge in [0.15, 0.2) is 6.10 Å². The van der Waals surface area contributed by atoms with Crippen molar-refractivity contribution in [2.75, 3.05) is 4.90 Å². The smallest absolute Gasteiger partial charge is 0.307 e. The minimum Gasteiger partial charge on any atom is -0.481 e. The van der Waals surface area contributed by atoms with Crippen LogP contribution in [0.2, 0.25) is 5.02 Å². The number of nitrogens with zero attached hydrogens (tertiary/aromatic N) is 2. The minimum absolute atomic E-state index is 0.201. The Bertz CT molecular complexity index is 797. The number of anilines is 1. The summed E-state index contributed by atoms with van der Waals surface area (Å²) < 4.78 is 10.7. The first-order chi connectivity index (χ1) is 11.4. The molecule has 1 amide bonds. The van der Waals surface area contributed by atoms with Gasteiger partial charge in [-0.2, -0.15) is 0 Å². The molecule has 1 atom stereocenters. The molecule has 1 N–H and O–H groups in total. The number of halogens is 1. The number of amides is 1. The van der Waals surface area contributed by atoms with Crippen LogP contribution in [-0.2, 0) is 16.1 Å². The second-order valence-corrected chi connectivity index (χ2v) is 5.98. The molecule has 1 aliphatic rings. The topological polar surface area (TPSA) is 92.9 Å². The van der Waals surface area contributed by atoms with Crippen LogP contribution in [0.25, 0.3) is 0 Å². The molecule has 8 heteroatoms. The molecule has 0 spiro atoms. The van der Waals surface area contributed by atoms with Crippen LogP contribution in [0.5, 0.6) is 5.75 Å². The molecule has 2 heterocycles. The summed E-state index contributed by atoms with van der Waals surface area (Å²) in [5.74, 6) is -0.530. The summed E-state index contributed by atoms with van der Waals surface area (Å²) in [4.78, 5) is 25.2. The number of carboxylic acids is 1. The summed E-state index contributed by atoms with van der Waals surface area (Å²) in [5, 5.41) is 13.3. The number of hydrogen-bond acceptors (Lipinski definition) is 5. The molecule has 1 aromatic carbocycles. The summed E-state index contributed by atoms with van der Waals surface area (Å²) in [5.41, 5.74) is 1.93. The van der Waals surface area contributed by atoms with E-state index < -0.39 is 24.4 Å². The molecule has 24 heavy (non-hydrogen) atoms. The number of hydrogen-bond donors (Lipinski definition) is 1. The maximum Gasteiger partial charge on any atom is 0.307 e. The van der Waals surface area contributed by atoms with Gasteiger partial charge >= 0.3 is 5.97 Å². The predicted molar refractivity (Wildman–Crippen MR) is 85.3 cm³/mol. The van der Waals surface area contributed by atoms with Gasteiger partial charge in [0.05, 0.1) is 24.3 Å². The van der Waals surface area contributed by atoms with Crippen LogP contribution in [0.1, 0.15) is 23.4 Å². The lowest BCUT2D eigenvalue weighted by molar-refractivity contribution is -0.142. The highest BCUT2D eigenvalue weighted by atomic mass is 35.5.